The van der Waals surface area contributed by atoms with Crippen LogP contribution in [0.4, 0.5) is 4.39 Å². The zero-order valence-corrected chi connectivity index (χ0v) is 14.3. The summed E-state index contributed by atoms with van der Waals surface area (Å²) >= 11 is 6.31. The molecule has 126 valence electrons. The Morgan fingerprint density at radius 3 is 2.65 bits per heavy atom. The van der Waals surface area contributed by atoms with Crippen LogP contribution in [0.2, 0.25) is 5.02 Å². The van der Waals surface area contributed by atoms with Gasteiger partial charge in [-0.1, -0.05) is 24.1 Å². The lowest BCUT2D eigenvalue weighted by Gasteiger charge is -2.40. The van der Waals surface area contributed by atoms with Gasteiger partial charge in [-0.15, -0.1) is 0 Å². The molecule has 1 unspecified atom stereocenters. The lowest BCUT2D eigenvalue weighted by molar-refractivity contribution is 0.00413. The van der Waals surface area contributed by atoms with Crippen LogP contribution in [-0.2, 0) is 10.2 Å². The third-order valence-corrected chi connectivity index (χ3v) is 6.75. The summed E-state index contributed by atoms with van der Waals surface area (Å²) in [6.07, 6.45) is 8.60. The van der Waals surface area contributed by atoms with E-state index in [1.807, 2.05) is 6.07 Å². The van der Waals surface area contributed by atoms with Gasteiger partial charge in [-0.25, -0.2) is 4.39 Å². The number of halogens is 2. The average molecular weight is 338 g/mol. The van der Waals surface area contributed by atoms with Gasteiger partial charge in [-0.3, -0.25) is 0 Å². The van der Waals surface area contributed by atoms with Crippen molar-refractivity contribution in [1.82, 2.24) is 5.32 Å². The molecule has 1 saturated heterocycles. The Bertz CT molecular complexity index is 581. The summed E-state index contributed by atoms with van der Waals surface area (Å²) in [5.74, 6) is -0.250. The third kappa shape index (κ3) is 2.92. The highest BCUT2D eigenvalue weighted by molar-refractivity contribution is 6.31. The van der Waals surface area contributed by atoms with E-state index in [-0.39, 0.29) is 11.2 Å². The molecule has 0 amide bonds. The number of ether oxygens (including phenoxy) is 1. The number of benzene rings is 1. The summed E-state index contributed by atoms with van der Waals surface area (Å²) in [5, 5.41) is 4.46. The van der Waals surface area contributed by atoms with E-state index in [9.17, 15) is 4.39 Å². The van der Waals surface area contributed by atoms with E-state index in [4.69, 9.17) is 16.3 Å². The maximum atomic E-state index is 13.3. The first kappa shape index (κ1) is 15.9. The monoisotopic (exact) mass is 337 g/mol. The van der Waals surface area contributed by atoms with Crippen molar-refractivity contribution in [2.24, 2.45) is 5.41 Å². The zero-order chi connectivity index (χ0) is 15.9. The fraction of sp³-hybridized carbons (Fsp3) is 0.684. The van der Waals surface area contributed by atoms with Crippen molar-refractivity contribution in [2.45, 2.75) is 56.4 Å². The fourth-order valence-electron chi connectivity index (χ4n) is 4.76. The molecule has 2 aliphatic carbocycles. The predicted molar refractivity (Wildman–Crippen MR) is 90.4 cm³/mol. The Morgan fingerprint density at radius 1 is 1.17 bits per heavy atom. The highest BCUT2D eigenvalue weighted by Gasteiger charge is 2.48. The first-order chi connectivity index (χ1) is 11.1. The molecular weight excluding hydrogens is 313 g/mol. The summed E-state index contributed by atoms with van der Waals surface area (Å²) in [6, 6.07) is 5.47. The van der Waals surface area contributed by atoms with Crippen molar-refractivity contribution in [3.8, 4) is 0 Å². The molecule has 1 spiro atoms. The zero-order valence-electron chi connectivity index (χ0n) is 13.5. The number of nitrogens with one attached hydrogen (secondary N) is 1. The van der Waals surface area contributed by atoms with E-state index >= 15 is 0 Å². The van der Waals surface area contributed by atoms with Crippen LogP contribution in [0.25, 0.3) is 0 Å². The SMILES string of the molecule is Fc1ccc(C2(CNC3CCCC34CCOCC4)CC2)c(Cl)c1. The normalized spacial score (nSPS) is 28.2. The van der Waals surface area contributed by atoms with Crippen molar-refractivity contribution >= 4 is 11.6 Å². The smallest absolute Gasteiger partial charge is 0.124 e. The first-order valence-electron chi connectivity index (χ1n) is 8.90. The molecule has 0 radical (unpaired) electrons. The minimum atomic E-state index is -0.250. The maximum absolute atomic E-state index is 13.3. The second kappa shape index (κ2) is 6.02. The van der Waals surface area contributed by atoms with E-state index in [0.29, 0.717) is 16.5 Å². The van der Waals surface area contributed by atoms with Crippen molar-refractivity contribution in [3.05, 3.63) is 34.6 Å². The van der Waals surface area contributed by atoms with Crippen molar-refractivity contribution < 1.29 is 9.13 Å². The number of rotatable bonds is 4. The van der Waals surface area contributed by atoms with Gasteiger partial charge in [0.2, 0.25) is 0 Å². The van der Waals surface area contributed by atoms with Crippen LogP contribution >= 0.6 is 11.6 Å². The minimum Gasteiger partial charge on any atom is -0.381 e. The van der Waals surface area contributed by atoms with Crippen molar-refractivity contribution in [2.75, 3.05) is 19.8 Å². The van der Waals surface area contributed by atoms with E-state index < -0.39 is 0 Å². The van der Waals surface area contributed by atoms with Gasteiger partial charge in [0.25, 0.3) is 0 Å². The number of hydrogen-bond donors (Lipinski definition) is 1. The Hall–Kier alpha value is -0.640. The Morgan fingerprint density at radius 2 is 1.96 bits per heavy atom. The molecule has 23 heavy (non-hydrogen) atoms. The van der Waals surface area contributed by atoms with Crippen LogP contribution in [-0.4, -0.2) is 25.8 Å². The molecule has 1 atom stereocenters. The molecule has 0 aromatic heterocycles. The summed E-state index contributed by atoms with van der Waals surface area (Å²) in [7, 11) is 0. The fourth-order valence-corrected chi connectivity index (χ4v) is 5.13. The van der Waals surface area contributed by atoms with Crippen LogP contribution in [0.5, 0.6) is 0 Å². The third-order valence-electron chi connectivity index (χ3n) is 6.44. The molecule has 1 aromatic rings. The average Bonchev–Trinajstić information content (AvgIpc) is 3.23. The molecule has 1 aliphatic heterocycles. The maximum Gasteiger partial charge on any atom is 0.124 e. The molecule has 2 saturated carbocycles. The van der Waals surface area contributed by atoms with Gasteiger partial charge >= 0.3 is 0 Å². The first-order valence-corrected chi connectivity index (χ1v) is 9.28. The second-order valence-electron chi connectivity index (χ2n) is 7.70. The molecule has 3 aliphatic rings. The quantitative estimate of drug-likeness (QED) is 0.876. The van der Waals surface area contributed by atoms with Crippen LogP contribution in [0.3, 0.4) is 0 Å². The lowest BCUT2D eigenvalue weighted by Crippen LogP contribution is -2.47. The molecule has 4 heteroatoms. The minimum absolute atomic E-state index is 0.125. The van der Waals surface area contributed by atoms with E-state index in [1.165, 1.54) is 44.2 Å². The predicted octanol–water partition coefficient (Wildman–Crippen LogP) is 4.45. The Balaban J connectivity index is 1.46. The summed E-state index contributed by atoms with van der Waals surface area (Å²) in [4.78, 5) is 0. The van der Waals surface area contributed by atoms with Crippen molar-refractivity contribution in [3.63, 3.8) is 0 Å². The van der Waals surface area contributed by atoms with E-state index in [1.54, 1.807) is 0 Å². The van der Waals surface area contributed by atoms with E-state index in [2.05, 4.69) is 5.32 Å². The van der Waals surface area contributed by atoms with Gasteiger partial charge in [-0.05, 0) is 61.6 Å². The van der Waals surface area contributed by atoms with Gasteiger partial charge in [0.05, 0.1) is 0 Å². The second-order valence-corrected chi connectivity index (χ2v) is 8.11. The molecular formula is C19H25ClFNO. The molecule has 1 aromatic carbocycles. The molecule has 2 nitrogen and oxygen atoms in total. The summed E-state index contributed by atoms with van der Waals surface area (Å²) in [6.45, 7) is 2.78. The van der Waals surface area contributed by atoms with Gasteiger partial charge in [0, 0.05) is 36.2 Å². The molecule has 4 rings (SSSR count). The van der Waals surface area contributed by atoms with Crippen molar-refractivity contribution in [1.29, 1.82) is 0 Å². The Kier molecular flexibility index (Phi) is 4.15. The topological polar surface area (TPSA) is 21.3 Å². The summed E-state index contributed by atoms with van der Waals surface area (Å²) in [5.41, 5.74) is 1.69. The van der Waals surface area contributed by atoms with Gasteiger partial charge in [0.15, 0.2) is 0 Å². The molecule has 3 fully saturated rings. The van der Waals surface area contributed by atoms with Crippen LogP contribution in [0.1, 0.15) is 50.5 Å². The van der Waals surface area contributed by atoms with Gasteiger partial charge in [-0.2, -0.15) is 0 Å². The largest absolute Gasteiger partial charge is 0.381 e. The molecule has 1 heterocycles. The molecule has 0 bridgehead atoms. The highest BCUT2D eigenvalue weighted by atomic mass is 35.5. The van der Waals surface area contributed by atoms with Crippen LogP contribution in [0, 0.1) is 11.2 Å². The highest BCUT2D eigenvalue weighted by Crippen LogP contribution is 2.51. The molecule has 1 N–H and O–H groups in total. The van der Waals surface area contributed by atoms with Crippen LogP contribution < -0.4 is 5.32 Å². The number of hydrogen-bond acceptors (Lipinski definition) is 2. The standard InChI is InChI=1S/C19H25ClFNO/c20-16-12-14(21)3-4-15(16)19(6-7-19)13-22-17-2-1-5-18(17)8-10-23-11-9-18/h3-4,12,17,22H,1-2,5-11,13H2. The van der Waals surface area contributed by atoms with Gasteiger partial charge < -0.3 is 10.1 Å². The van der Waals surface area contributed by atoms with Crippen LogP contribution in [0.15, 0.2) is 18.2 Å². The van der Waals surface area contributed by atoms with E-state index in [0.717, 1.165) is 38.2 Å². The lowest BCUT2D eigenvalue weighted by atomic mass is 9.75. The Labute approximate surface area is 142 Å². The summed E-state index contributed by atoms with van der Waals surface area (Å²) < 4.78 is 18.9. The van der Waals surface area contributed by atoms with Gasteiger partial charge in [0.1, 0.15) is 5.82 Å².